The van der Waals surface area contributed by atoms with E-state index in [9.17, 15) is 4.79 Å². The summed E-state index contributed by atoms with van der Waals surface area (Å²) >= 11 is 0. The number of aromatic nitrogens is 4. The van der Waals surface area contributed by atoms with E-state index in [0.29, 0.717) is 18.4 Å². The Kier molecular flexibility index (Phi) is 4.38. The first-order valence-corrected chi connectivity index (χ1v) is 8.84. The van der Waals surface area contributed by atoms with Crippen molar-refractivity contribution < 1.29 is 4.79 Å². The summed E-state index contributed by atoms with van der Waals surface area (Å²) < 4.78 is 1.75. The summed E-state index contributed by atoms with van der Waals surface area (Å²) in [5.41, 5.74) is 2.60. The largest absolute Gasteiger partial charge is 0.310 e. The molecule has 7 nitrogen and oxygen atoms in total. The molecule has 26 heavy (non-hydrogen) atoms. The Labute approximate surface area is 152 Å². The molecule has 0 spiro atoms. The molecule has 1 fully saturated rings. The van der Waals surface area contributed by atoms with Gasteiger partial charge in [0.25, 0.3) is 0 Å². The van der Waals surface area contributed by atoms with Gasteiger partial charge >= 0.3 is 0 Å². The number of rotatable bonds is 5. The second kappa shape index (κ2) is 6.84. The van der Waals surface area contributed by atoms with Gasteiger partial charge in [0.1, 0.15) is 5.82 Å². The first-order valence-electron chi connectivity index (χ1n) is 8.84. The number of fused-ring (bicyclic) bond motifs is 1. The van der Waals surface area contributed by atoms with Crippen molar-refractivity contribution in [2.24, 2.45) is 7.05 Å². The van der Waals surface area contributed by atoms with Gasteiger partial charge < -0.3 is 5.32 Å². The lowest BCUT2D eigenvalue weighted by Crippen LogP contribution is -2.41. The fourth-order valence-electron chi connectivity index (χ4n) is 3.16. The predicted molar refractivity (Wildman–Crippen MR) is 101 cm³/mol. The molecule has 0 unspecified atom stereocenters. The Morgan fingerprint density at radius 1 is 1.35 bits per heavy atom. The number of carbonyl (C=O) groups is 1. The Morgan fingerprint density at radius 3 is 2.88 bits per heavy atom. The van der Waals surface area contributed by atoms with Crippen molar-refractivity contribution in [2.45, 2.75) is 25.3 Å². The summed E-state index contributed by atoms with van der Waals surface area (Å²) in [6.07, 6.45) is 9.06. The summed E-state index contributed by atoms with van der Waals surface area (Å²) in [4.78, 5) is 23.4. The summed E-state index contributed by atoms with van der Waals surface area (Å²) in [6.45, 7) is 0.382. The van der Waals surface area contributed by atoms with Crippen molar-refractivity contribution in [1.29, 1.82) is 0 Å². The van der Waals surface area contributed by atoms with Crippen LogP contribution in [0.3, 0.4) is 0 Å². The van der Waals surface area contributed by atoms with Crippen LogP contribution in [0, 0.1) is 0 Å². The molecule has 1 amide bonds. The average molecular weight is 350 g/mol. The maximum absolute atomic E-state index is 12.3. The van der Waals surface area contributed by atoms with Gasteiger partial charge in [0.05, 0.1) is 24.0 Å². The van der Waals surface area contributed by atoms with E-state index in [1.165, 1.54) is 19.3 Å². The molecule has 3 aromatic rings. The molecule has 0 atom stereocenters. The lowest BCUT2D eigenvalue weighted by atomic mass is 9.92. The van der Waals surface area contributed by atoms with Crippen LogP contribution in [-0.2, 0) is 11.8 Å². The average Bonchev–Trinajstić information content (AvgIpc) is 2.98. The molecule has 1 N–H and O–H groups in total. The van der Waals surface area contributed by atoms with Crippen LogP contribution in [0.4, 0.5) is 5.82 Å². The second-order valence-electron chi connectivity index (χ2n) is 6.91. The molecule has 3 heterocycles. The quantitative estimate of drug-likeness (QED) is 0.765. The van der Waals surface area contributed by atoms with Crippen molar-refractivity contribution in [3.63, 3.8) is 0 Å². The van der Waals surface area contributed by atoms with Gasteiger partial charge in [0, 0.05) is 42.5 Å². The van der Waals surface area contributed by atoms with Gasteiger partial charge in [-0.2, -0.15) is 5.10 Å². The SMILES string of the molecule is CN(CC(=O)Nc1cc2nc(-c3cnn(C)c3)ccc2cn1)C1CCC1. The molecule has 7 heteroatoms. The highest BCUT2D eigenvalue weighted by molar-refractivity contribution is 5.93. The van der Waals surface area contributed by atoms with Crippen LogP contribution in [0.15, 0.2) is 36.8 Å². The van der Waals surface area contributed by atoms with Crippen molar-refractivity contribution in [3.05, 3.63) is 36.8 Å². The lowest BCUT2D eigenvalue weighted by Gasteiger charge is -2.34. The van der Waals surface area contributed by atoms with Crippen molar-refractivity contribution >= 4 is 22.6 Å². The number of amides is 1. The van der Waals surface area contributed by atoms with Crippen LogP contribution >= 0.6 is 0 Å². The van der Waals surface area contributed by atoms with Crippen LogP contribution in [0.1, 0.15) is 19.3 Å². The fraction of sp³-hybridized carbons (Fsp3) is 0.368. The third-order valence-corrected chi connectivity index (χ3v) is 4.93. The van der Waals surface area contributed by atoms with Crippen LogP contribution in [-0.4, -0.2) is 50.2 Å². The van der Waals surface area contributed by atoms with E-state index in [4.69, 9.17) is 0 Å². The van der Waals surface area contributed by atoms with Crippen molar-refractivity contribution in [3.8, 4) is 11.3 Å². The first kappa shape index (κ1) is 16.7. The van der Waals surface area contributed by atoms with Gasteiger partial charge in [-0.25, -0.2) is 9.97 Å². The zero-order valence-corrected chi connectivity index (χ0v) is 15.0. The van der Waals surface area contributed by atoms with E-state index >= 15 is 0 Å². The molecule has 0 radical (unpaired) electrons. The molecule has 1 aliphatic rings. The van der Waals surface area contributed by atoms with Crippen molar-refractivity contribution in [1.82, 2.24) is 24.6 Å². The Balaban J connectivity index is 1.51. The predicted octanol–water partition coefficient (Wildman–Crippen LogP) is 2.45. The van der Waals surface area contributed by atoms with E-state index in [-0.39, 0.29) is 5.91 Å². The van der Waals surface area contributed by atoms with Crippen LogP contribution in [0.5, 0.6) is 0 Å². The van der Waals surface area contributed by atoms with Crippen molar-refractivity contribution in [2.75, 3.05) is 18.9 Å². The molecule has 0 bridgehead atoms. The molecular weight excluding hydrogens is 328 g/mol. The first-order chi connectivity index (χ1) is 12.6. The van der Waals surface area contributed by atoms with Crippen LogP contribution in [0.25, 0.3) is 22.2 Å². The number of anilines is 1. The highest BCUT2D eigenvalue weighted by Gasteiger charge is 2.23. The fourth-order valence-corrected chi connectivity index (χ4v) is 3.16. The maximum Gasteiger partial charge on any atom is 0.239 e. The normalized spacial score (nSPS) is 14.6. The van der Waals surface area contributed by atoms with E-state index in [1.54, 1.807) is 17.1 Å². The summed E-state index contributed by atoms with van der Waals surface area (Å²) in [5, 5.41) is 8.00. The Morgan fingerprint density at radius 2 is 2.19 bits per heavy atom. The van der Waals surface area contributed by atoms with E-state index in [0.717, 1.165) is 22.2 Å². The van der Waals surface area contributed by atoms with Gasteiger partial charge in [-0.15, -0.1) is 0 Å². The van der Waals surface area contributed by atoms with Gasteiger partial charge in [-0.05, 0) is 32.0 Å². The number of hydrogen-bond donors (Lipinski definition) is 1. The van der Waals surface area contributed by atoms with E-state index in [2.05, 4.69) is 25.3 Å². The number of hydrogen-bond acceptors (Lipinski definition) is 5. The monoisotopic (exact) mass is 350 g/mol. The van der Waals surface area contributed by atoms with Crippen LogP contribution in [0.2, 0.25) is 0 Å². The minimum atomic E-state index is -0.0466. The third kappa shape index (κ3) is 3.43. The van der Waals surface area contributed by atoms with Gasteiger partial charge in [0.15, 0.2) is 0 Å². The molecule has 0 aliphatic heterocycles. The maximum atomic E-state index is 12.3. The van der Waals surface area contributed by atoms with Gasteiger partial charge in [-0.1, -0.05) is 6.42 Å². The van der Waals surface area contributed by atoms with E-state index < -0.39 is 0 Å². The number of likely N-dealkylation sites (N-methyl/N-ethyl adjacent to an activating group) is 1. The molecule has 134 valence electrons. The highest BCUT2D eigenvalue weighted by Crippen LogP contribution is 2.24. The molecule has 1 saturated carbocycles. The molecule has 0 aromatic carbocycles. The molecule has 0 saturated heterocycles. The Bertz CT molecular complexity index is 946. The molecule has 4 rings (SSSR count). The zero-order chi connectivity index (χ0) is 18.1. The standard InChI is InChI=1S/C19H22N6O/c1-24(15-4-3-5-15)12-19(26)23-18-8-17-13(9-20-18)6-7-16(22-17)14-10-21-25(2)11-14/h6-11,15H,3-5,12H2,1-2H3,(H,20,23,26). The van der Waals surface area contributed by atoms with Crippen LogP contribution < -0.4 is 5.32 Å². The number of pyridine rings is 2. The number of carbonyl (C=O) groups excluding carboxylic acids is 1. The number of nitrogens with one attached hydrogen (secondary N) is 1. The van der Waals surface area contributed by atoms with E-state index in [1.807, 2.05) is 38.5 Å². The molecular formula is C19H22N6O. The smallest absolute Gasteiger partial charge is 0.239 e. The molecule has 3 aromatic heterocycles. The minimum Gasteiger partial charge on any atom is -0.310 e. The summed E-state index contributed by atoms with van der Waals surface area (Å²) in [7, 11) is 3.88. The summed E-state index contributed by atoms with van der Waals surface area (Å²) in [6, 6.07) is 6.28. The topological polar surface area (TPSA) is 75.9 Å². The lowest BCUT2D eigenvalue weighted by molar-refractivity contribution is -0.117. The zero-order valence-electron chi connectivity index (χ0n) is 15.0. The molecule has 1 aliphatic carbocycles. The number of nitrogens with zero attached hydrogens (tertiary/aromatic N) is 5. The highest BCUT2D eigenvalue weighted by atomic mass is 16.2. The minimum absolute atomic E-state index is 0.0466. The Hall–Kier alpha value is -2.80. The van der Waals surface area contributed by atoms with Gasteiger partial charge in [0.2, 0.25) is 5.91 Å². The third-order valence-electron chi connectivity index (χ3n) is 4.93. The summed E-state index contributed by atoms with van der Waals surface area (Å²) in [5.74, 6) is 0.481. The van der Waals surface area contributed by atoms with Gasteiger partial charge in [-0.3, -0.25) is 14.4 Å². The number of aryl methyl sites for hydroxylation is 1. The second-order valence-corrected chi connectivity index (χ2v) is 6.91.